The number of halogens is 3. The molecule has 4 amide bonds. The van der Waals surface area contributed by atoms with E-state index in [1.807, 2.05) is 68.4 Å². The summed E-state index contributed by atoms with van der Waals surface area (Å²) in [5.41, 5.74) is 19.5. The van der Waals surface area contributed by atoms with Crippen LogP contribution in [0.3, 0.4) is 0 Å². The predicted molar refractivity (Wildman–Crippen MR) is 424 cm³/mol. The first kappa shape index (κ1) is 92.3. The molecule has 7 aromatic rings. The largest absolute Gasteiger partial charge is 1.00 e. The van der Waals surface area contributed by atoms with Gasteiger partial charge in [-0.15, -0.1) is 33.2 Å². The van der Waals surface area contributed by atoms with Gasteiger partial charge >= 0.3 is 16.3 Å². The van der Waals surface area contributed by atoms with E-state index in [4.69, 9.17) is 15.6 Å². The molecule has 0 spiro atoms. The number of nitrogens with one attached hydrogen (secondary N) is 3. The Morgan fingerprint density at radius 2 is 0.872 bits per heavy atom. The molecule has 4 aromatic heterocycles. The van der Waals surface area contributed by atoms with Crippen LogP contribution < -0.4 is 61.0 Å². The van der Waals surface area contributed by atoms with Crippen molar-refractivity contribution in [3.8, 4) is 18.2 Å². The van der Waals surface area contributed by atoms with Crippen LogP contribution in [0.5, 0.6) is 0 Å². The van der Waals surface area contributed by atoms with E-state index in [-0.39, 0.29) is 80.9 Å². The predicted octanol–water partition coefficient (Wildman–Crippen LogP) is 3.26. The molecule has 0 saturated carbocycles. The van der Waals surface area contributed by atoms with Crippen molar-refractivity contribution in [3.05, 3.63) is 130 Å². The number of nitriles is 3. The number of sulfonamides is 1. The van der Waals surface area contributed by atoms with Crippen molar-refractivity contribution in [1.29, 1.82) is 15.8 Å². The second kappa shape index (κ2) is 41.1. The Bertz CT molecular complexity index is 4710. The van der Waals surface area contributed by atoms with Gasteiger partial charge in [-0.05, 0) is 151 Å². The molecule has 3 aliphatic heterocycles. The number of hydrogen-bond acceptors (Lipinski definition) is 22. The second-order valence-electron chi connectivity index (χ2n) is 27.5. The fourth-order valence-electron chi connectivity index (χ4n) is 12.3. The molecule has 3 aliphatic rings. The van der Waals surface area contributed by atoms with Gasteiger partial charge in [-0.3, -0.25) is 29.3 Å². The summed E-state index contributed by atoms with van der Waals surface area (Å²) in [5.74, 6) is -0.0833. The van der Waals surface area contributed by atoms with E-state index >= 15 is 0 Å². The quantitative estimate of drug-likeness (QED) is 0.0867. The first-order valence-electron chi connectivity index (χ1n) is 34.8. The smallest absolute Gasteiger partial charge is 0.474 e. The Hall–Kier alpha value is -9.05. The summed E-state index contributed by atoms with van der Waals surface area (Å²) in [4.78, 5) is 75.8. The summed E-state index contributed by atoms with van der Waals surface area (Å²) in [5, 5.41) is 36.7. The van der Waals surface area contributed by atoms with Crippen LogP contribution in [-0.2, 0) is 49.6 Å². The molecule has 0 unspecified atom stereocenters. The van der Waals surface area contributed by atoms with Gasteiger partial charge in [0.05, 0.1) is 56.6 Å². The molecule has 0 atom stereocenters. The van der Waals surface area contributed by atoms with E-state index in [0.29, 0.717) is 88.6 Å². The van der Waals surface area contributed by atoms with Gasteiger partial charge in [-0.2, -0.15) is 28.9 Å². The van der Waals surface area contributed by atoms with E-state index in [2.05, 4.69) is 95.4 Å². The molecule has 30 nitrogen and oxygen atoms in total. The zero-order chi connectivity index (χ0) is 78.0. The lowest BCUT2D eigenvalue weighted by atomic mass is 10.0. The molecule has 7 N–H and O–H groups in total. The van der Waals surface area contributed by atoms with Crippen LogP contribution in [0, 0.1) is 75.5 Å². The third-order valence-electron chi connectivity index (χ3n) is 18.1. The number of hydrogen-bond donors (Lipinski definition) is 5. The van der Waals surface area contributed by atoms with Crippen molar-refractivity contribution >= 4 is 135 Å². The third-order valence-corrected chi connectivity index (χ3v) is 20.7. The van der Waals surface area contributed by atoms with E-state index < -0.39 is 42.1 Å². The van der Waals surface area contributed by atoms with Gasteiger partial charge in [0.25, 0.3) is 10.2 Å². The number of benzene rings is 3. The number of amides is 4. The molecular weight excluding hydrogens is 1520 g/mol. The van der Waals surface area contributed by atoms with Gasteiger partial charge in [-0.1, -0.05) is 3.97 Å². The Labute approximate surface area is 658 Å². The van der Waals surface area contributed by atoms with E-state index in [0.717, 1.165) is 127 Å². The van der Waals surface area contributed by atoms with Gasteiger partial charge in [0.2, 0.25) is 27.7 Å². The summed E-state index contributed by atoms with van der Waals surface area (Å²) in [6.07, 6.45) is 10.6. The summed E-state index contributed by atoms with van der Waals surface area (Å²) in [6, 6.07) is 22.5. The number of nitrogens with two attached hydrogens (primary N) is 2. The number of carbonyl (C=O) groups is 4. The van der Waals surface area contributed by atoms with Crippen LogP contribution in [0.25, 0.3) is 32.7 Å². The minimum absolute atomic E-state index is 0. The highest BCUT2D eigenvalue weighted by Crippen LogP contribution is 2.35. The Morgan fingerprint density at radius 1 is 0.541 bits per heavy atom. The summed E-state index contributed by atoms with van der Waals surface area (Å²) in [7, 11) is -7.43. The van der Waals surface area contributed by atoms with Crippen LogP contribution >= 0.6 is 24.8 Å². The minimum Gasteiger partial charge on any atom is -1.00 e. The van der Waals surface area contributed by atoms with Crippen molar-refractivity contribution < 1.29 is 65.5 Å². The number of pyridine rings is 4. The van der Waals surface area contributed by atoms with Crippen LogP contribution in [0.1, 0.15) is 109 Å². The zero-order valence-corrected chi connectivity index (χ0v) is 68.5. The van der Waals surface area contributed by atoms with Crippen LogP contribution in [0.4, 0.5) is 27.5 Å². The van der Waals surface area contributed by atoms with Crippen LogP contribution in [0.2, 0.25) is 0 Å². The second-order valence-corrected chi connectivity index (χ2v) is 32.2. The fourth-order valence-corrected chi connectivity index (χ4v) is 14.0. The van der Waals surface area contributed by atoms with Gasteiger partial charge in [0.15, 0.2) is 12.4 Å². The molecule has 0 aliphatic carbocycles. The zero-order valence-electron chi connectivity index (χ0n) is 63.7. The third kappa shape index (κ3) is 26.3. The number of anilines is 4. The first-order chi connectivity index (χ1) is 49.9. The number of nitrogens with zero attached hydrogens (tertiary/aromatic N) is 14. The number of carbonyl (C=O) groups excluding carboxylic acids is 4. The average Bonchev–Trinajstić information content (AvgIpc) is 1.50. The lowest BCUT2D eigenvalue weighted by molar-refractivity contribution is -0.512. The number of fused-ring (bicyclic) bond motifs is 3. The Kier molecular flexibility index (Phi) is 34.8. The lowest BCUT2D eigenvalue weighted by Crippen LogP contribution is -3.00. The molecule has 3 fully saturated rings. The van der Waals surface area contributed by atoms with Crippen molar-refractivity contribution in [2.45, 2.75) is 106 Å². The fraction of sp³-hybridized carbons (Fsp3) is 0.466. The number of aromatic nitrogens is 4. The number of ether oxygens (including phenoxy) is 1. The maximum absolute atomic E-state index is 12.5. The van der Waals surface area contributed by atoms with Crippen LogP contribution in [-0.4, -0.2) is 203 Å². The van der Waals surface area contributed by atoms with Crippen molar-refractivity contribution in [2.75, 3.05) is 138 Å². The SMILES string of the molecule is CN(C)c1cc[n+](S(=O)(=O)NC(=O)OC(C)(C)C)cc1.Cc1cc2ncc(C#N)c(N3CCCN(C(=O)CCN)CC3)c2cc1C.Cc1cc2ncc(C#N)c(N3CCCN(C(=O)CCNS(C)(=O)=O)CC3)c2cc1C.Cc1cc2ncc(C#N)c(N3CCCN(C(=O)CCNS(N)(=O)=O)CC3)c2cc1C.Cl.Cl.[Cl-]. The van der Waals surface area contributed by atoms with Gasteiger partial charge in [0.1, 0.15) is 23.8 Å². The van der Waals surface area contributed by atoms with E-state index in [1.54, 1.807) is 61.3 Å². The summed E-state index contributed by atoms with van der Waals surface area (Å²) in [6.45, 7) is 25.4. The lowest BCUT2D eigenvalue weighted by Gasteiger charge is -2.26. The summed E-state index contributed by atoms with van der Waals surface area (Å²) >= 11 is 0. The first-order valence-corrected chi connectivity index (χ1v) is 39.7. The van der Waals surface area contributed by atoms with Crippen molar-refractivity contribution in [3.63, 3.8) is 0 Å². The number of aryl methyl sites for hydroxylation is 6. The monoisotopic (exact) mass is 1620 g/mol. The molecule has 7 heterocycles. The van der Waals surface area contributed by atoms with Gasteiger partial charge < -0.3 is 57.2 Å². The maximum Gasteiger partial charge on any atom is 0.474 e. The van der Waals surface area contributed by atoms with Gasteiger partial charge in [0, 0.05) is 184 Å². The topological polar surface area (TPSA) is 405 Å². The maximum atomic E-state index is 12.5. The standard InChI is InChI=1S/C21H27N5O3S.C20H26N6O3S.C20H25N5O.C12H19N3O4S.3ClH/c1-15-11-18-19(12-16(15)2)23-14-17(13-22)21(18)26-8-4-7-25(9-10-26)20(27)5-6-24-30(3,28)29;1-14-10-17-18(11-15(14)2)23-13-16(12-21)20(17)26-7-3-6-25(8-9-26)19(27)4-5-24-30(22,28)29;1-14-10-17-18(11-15(14)2)23-13-16(12-22)20(17)25-7-3-6-24(8-9-25)19(26)4-5-21;1-12(2,3)19-11(16)13-20(17,18)15-8-6-10(7-9-15)14(4)5;;;/h11-12,14,24H,4-10H2,1-3H3;10-11,13,24H,3-9H2,1-2H3,(H2,22,28,29);10-11,13H,3-9,21H2,1-2H3;6-9H,1-5H3;3*1H. The Morgan fingerprint density at radius 3 is 1.17 bits per heavy atom. The van der Waals surface area contributed by atoms with Gasteiger partial charge in [-0.25, -0.2) is 27.8 Å². The van der Waals surface area contributed by atoms with E-state index in [9.17, 15) is 60.2 Å². The molecular formula is C73H100Cl3N19O11S3. The number of rotatable bonds is 16. The molecule has 36 heteroatoms. The molecule has 0 bridgehead atoms. The molecule has 109 heavy (non-hydrogen) atoms. The Balaban J connectivity index is 0.000000307. The van der Waals surface area contributed by atoms with E-state index in [1.165, 1.54) is 23.5 Å². The normalized spacial score (nSPS) is 14.1. The highest BCUT2D eigenvalue weighted by atomic mass is 35.5. The minimum atomic E-state index is -4.00. The molecule has 10 rings (SSSR count). The molecule has 3 aromatic carbocycles. The molecule has 592 valence electrons. The summed E-state index contributed by atoms with van der Waals surface area (Å²) < 4.78 is 80.3. The average molecular weight is 1620 g/mol. The highest BCUT2D eigenvalue weighted by molar-refractivity contribution is 7.88. The molecule has 3 saturated heterocycles. The molecule has 0 radical (unpaired) electrons. The van der Waals surface area contributed by atoms with Crippen molar-refractivity contribution in [2.24, 2.45) is 10.9 Å². The van der Waals surface area contributed by atoms with Crippen LogP contribution in [0.15, 0.2) is 79.5 Å². The highest BCUT2D eigenvalue weighted by Gasteiger charge is 2.30. The van der Waals surface area contributed by atoms with Crippen molar-refractivity contribution in [1.82, 2.24) is 43.8 Å².